The van der Waals surface area contributed by atoms with E-state index in [2.05, 4.69) is 64.5 Å². The van der Waals surface area contributed by atoms with Gasteiger partial charge in [-0.05, 0) is 70.2 Å². The molecule has 3 fully saturated rings. The van der Waals surface area contributed by atoms with Gasteiger partial charge in [0.15, 0.2) is 0 Å². The lowest BCUT2D eigenvalue weighted by atomic mass is 9.68. The van der Waals surface area contributed by atoms with Gasteiger partial charge in [-0.2, -0.15) is 4.98 Å². The van der Waals surface area contributed by atoms with E-state index in [0.29, 0.717) is 12.5 Å². The van der Waals surface area contributed by atoms with Gasteiger partial charge in [-0.15, -0.1) is 0 Å². The molecule has 3 aliphatic rings. The highest BCUT2D eigenvalue weighted by Gasteiger charge is 2.55. The van der Waals surface area contributed by atoms with E-state index in [0.717, 1.165) is 32.2 Å². The van der Waals surface area contributed by atoms with E-state index in [1.807, 2.05) is 0 Å². The van der Waals surface area contributed by atoms with Gasteiger partial charge in [0, 0.05) is 24.7 Å². The molecule has 3 amide bonds. The summed E-state index contributed by atoms with van der Waals surface area (Å²) in [6, 6.07) is 15.4. The Hall–Kier alpha value is -3.13. The van der Waals surface area contributed by atoms with Crippen molar-refractivity contribution in [3.63, 3.8) is 0 Å². The van der Waals surface area contributed by atoms with Crippen molar-refractivity contribution >= 4 is 17.8 Å². The molecule has 2 heterocycles. The minimum atomic E-state index is -0.301. The van der Waals surface area contributed by atoms with Crippen molar-refractivity contribution < 1.29 is 14.7 Å². The molecule has 8 heteroatoms. The van der Waals surface area contributed by atoms with Crippen LogP contribution in [0.4, 0.5) is 10.6 Å². The molecule has 192 valence electrons. The average Bonchev–Trinajstić information content (AvgIpc) is 3.07. The van der Waals surface area contributed by atoms with Crippen molar-refractivity contribution in [3.05, 3.63) is 54.1 Å². The maximum Gasteiger partial charge on any atom is 0.321 e. The summed E-state index contributed by atoms with van der Waals surface area (Å²) in [7, 11) is 4.31. The van der Waals surface area contributed by atoms with Crippen molar-refractivity contribution in [2.75, 3.05) is 39.0 Å². The topological polar surface area (TPSA) is 89.0 Å². The molecule has 8 nitrogen and oxygen atoms in total. The molecule has 2 saturated carbocycles. The Morgan fingerprint density at radius 3 is 2.42 bits per heavy atom. The zero-order chi connectivity index (χ0) is 25.3. The Kier molecular flexibility index (Phi) is 6.64. The number of aromatic hydroxyl groups is 1. The lowest BCUT2D eigenvalue weighted by Crippen LogP contribution is -2.56. The normalized spacial score (nSPS) is 26.5. The largest absolute Gasteiger partial charge is 0.493 e. The number of benzene rings is 1. The molecule has 0 bridgehead atoms. The van der Waals surface area contributed by atoms with E-state index in [-0.39, 0.29) is 41.3 Å². The third-order valence-electron chi connectivity index (χ3n) is 8.74. The van der Waals surface area contributed by atoms with Gasteiger partial charge in [-0.1, -0.05) is 42.8 Å². The number of hydrogen-bond acceptors (Lipinski definition) is 5. The monoisotopic (exact) mass is 491 g/mol. The molecule has 2 aliphatic carbocycles. The van der Waals surface area contributed by atoms with Crippen molar-refractivity contribution in [2.24, 2.45) is 5.92 Å². The number of nitrogens with one attached hydrogen (secondary N) is 1. The number of hydrogen-bond donors (Lipinski definition) is 2. The van der Waals surface area contributed by atoms with E-state index in [9.17, 15) is 14.7 Å². The Bertz CT molecular complexity index is 1090. The van der Waals surface area contributed by atoms with E-state index in [1.165, 1.54) is 30.9 Å². The number of urea groups is 1. The summed E-state index contributed by atoms with van der Waals surface area (Å²) in [4.78, 5) is 36.6. The molecule has 1 aromatic carbocycles. The van der Waals surface area contributed by atoms with Crippen LogP contribution in [0.25, 0.3) is 0 Å². The Balaban J connectivity index is 1.34. The summed E-state index contributed by atoms with van der Waals surface area (Å²) in [6.45, 7) is 1.33. The maximum absolute atomic E-state index is 13.7. The molecular weight excluding hydrogens is 454 g/mol. The Labute approximate surface area is 213 Å². The average molecular weight is 492 g/mol. The summed E-state index contributed by atoms with van der Waals surface area (Å²) < 4.78 is 0. The van der Waals surface area contributed by atoms with E-state index >= 15 is 0 Å². The van der Waals surface area contributed by atoms with Crippen LogP contribution in [0.15, 0.2) is 48.5 Å². The van der Waals surface area contributed by atoms with E-state index < -0.39 is 0 Å². The highest BCUT2D eigenvalue weighted by Crippen LogP contribution is 2.49. The number of rotatable bonds is 7. The van der Waals surface area contributed by atoms with Crippen LogP contribution in [0.2, 0.25) is 0 Å². The molecule has 1 aliphatic heterocycles. The first kappa shape index (κ1) is 24.6. The predicted molar refractivity (Wildman–Crippen MR) is 139 cm³/mol. The second-order valence-electron chi connectivity index (χ2n) is 11.0. The van der Waals surface area contributed by atoms with Gasteiger partial charge >= 0.3 is 6.03 Å². The second kappa shape index (κ2) is 9.73. The number of pyridine rings is 1. The standard InChI is InChI=1S/C28H37N5O3/c1-31(2)28(22-10-4-3-5-11-22)16-14-27(15-17-28)20-32(26(36)33(27)18-21-8-6-9-21)19-25(35)30-23-12-7-13-24(34)29-23/h3-5,7,10-13,21H,6,8-9,14-20H2,1-2H3,(H2,29,30,34,35)/t27-,28-. The molecule has 1 aromatic heterocycles. The first-order valence-corrected chi connectivity index (χ1v) is 13.1. The summed E-state index contributed by atoms with van der Waals surface area (Å²) in [5.74, 6) is 0.389. The minimum absolute atomic E-state index is 0.0173. The number of aromatic nitrogens is 1. The fourth-order valence-corrected chi connectivity index (χ4v) is 6.36. The second-order valence-corrected chi connectivity index (χ2v) is 11.0. The van der Waals surface area contributed by atoms with Gasteiger partial charge in [-0.25, -0.2) is 4.79 Å². The van der Waals surface area contributed by atoms with Gasteiger partial charge in [0.25, 0.3) is 0 Å². The molecule has 1 spiro atoms. The van der Waals surface area contributed by atoms with Crippen LogP contribution in [0.5, 0.6) is 5.88 Å². The lowest BCUT2D eigenvalue weighted by Gasteiger charge is -2.51. The molecule has 0 atom stereocenters. The van der Waals surface area contributed by atoms with Gasteiger partial charge in [0.2, 0.25) is 11.8 Å². The number of carbonyl (C=O) groups excluding carboxylic acids is 2. The predicted octanol–water partition coefficient (Wildman–Crippen LogP) is 4.03. The van der Waals surface area contributed by atoms with Crippen molar-refractivity contribution in [1.29, 1.82) is 0 Å². The van der Waals surface area contributed by atoms with Crippen molar-refractivity contribution in [3.8, 4) is 5.88 Å². The van der Waals surface area contributed by atoms with Gasteiger partial charge < -0.3 is 20.2 Å². The Morgan fingerprint density at radius 2 is 1.81 bits per heavy atom. The first-order valence-electron chi connectivity index (χ1n) is 13.1. The third kappa shape index (κ3) is 4.54. The summed E-state index contributed by atoms with van der Waals surface area (Å²) in [5.41, 5.74) is 1.03. The molecular formula is C28H37N5O3. The van der Waals surface area contributed by atoms with Gasteiger partial charge in [0.1, 0.15) is 12.4 Å². The number of nitrogens with zero attached hydrogens (tertiary/aromatic N) is 4. The van der Waals surface area contributed by atoms with Gasteiger partial charge in [-0.3, -0.25) is 9.69 Å². The highest BCUT2D eigenvalue weighted by molar-refractivity contribution is 5.94. The zero-order valence-corrected chi connectivity index (χ0v) is 21.3. The van der Waals surface area contributed by atoms with Crippen LogP contribution in [0.1, 0.15) is 50.5 Å². The molecule has 2 N–H and O–H groups in total. The Morgan fingerprint density at radius 1 is 1.08 bits per heavy atom. The number of anilines is 1. The smallest absolute Gasteiger partial charge is 0.321 e. The zero-order valence-electron chi connectivity index (χ0n) is 21.3. The van der Waals surface area contributed by atoms with Crippen molar-refractivity contribution in [1.82, 2.24) is 19.7 Å². The summed E-state index contributed by atoms with van der Waals surface area (Å²) in [5, 5.41) is 12.3. The van der Waals surface area contributed by atoms with Crippen LogP contribution in [-0.4, -0.2) is 76.0 Å². The van der Waals surface area contributed by atoms with Crippen LogP contribution < -0.4 is 5.32 Å². The van der Waals surface area contributed by atoms with E-state index in [1.54, 1.807) is 17.0 Å². The first-order chi connectivity index (χ1) is 17.3. The van der Waals surface area contributed by atoms with E-state index in [4.69, 9.17) is 0 Å². The number of carbonyl (C=O) groups is 2. The summed E-state index contributed by atoms with van der Waals surface area (Å²) in [6.07, 6.45) is 7.33. The van der Waals surface area contributed by atoms with Crippen LogP contribution in [0, 0.1) is 5.92 Å². The summed E-state index contributed by atoms with van der Waals surface area (Å²) >= 11 is 0. The van der Waals surface area contributed by atoms with Gasteiger partial charge in [0.05, 0.1) is 5.54 Å². The molecule has 36 heavy (non-hydrogen) atoms. The molecule has 0 radical (unpaired) electrons. The fraction of sp³-hybridized carbons (Fsp3) is 0.536. The van der Waals surface area contributed by atoms with Crippen LogP contribution in [-0.2, 0) is 10.3 Å². The molecule has 2 aromatic rings. The van der Waals surface area contributed by atoms with Crippen LogP contribution >= 0.6 is 0 Å². The third-order valence-corrected chi connectivity index (χ3v) is 8.74. The maximum atomic E-state index is 13.7. The highest BCUT2D eigenvalue weighted by atomic mass is 16.3. The molecule has 0 unspecified atom stereocenters. The SMILES string of the molecule is CN(C)[C@]1(c2ccccc2)CC[C@@]2(CC1)CN(CC(=O)Nc1cccc(O)n1)C(=O)N2CC1CCC1. The number of amides is 3. The minimum Gasteiger partial charge on any atom is -0.493 e. The van der Waals surface area contributed by atoms with Crippen LogP contribution in [0.3, 0.4) is 0 Å². The fourth-order valence-electron chi connectivity index (χ4n) is 6.36. The van der Waals surface area contributed by atoms with Crippen molar-refractivity contribution in [2.45, 2.75) is 56.0 Å². The quantitative estimate of drug-likeness (QED) is 0.610. The molecule has 1 saturated heterocycles. The molecule has 5 rings (SSSR count). The lowest BCUT2D eigenvalue weighted by molar-refractivity contribution is -0.116.